The number of benzene rings is 1. The summed E-state index contributed by atoms with van der Waals surface area (Å²) in [4.78, 5) is 11.2. The van der Waals surface area contributed by atoms with E-state index >= 15 is 0 Å². The standard InChI is InChI=1S/C15H15FN2O/c1-10(11-5-6-11)18-8-13(9-19)15(17-18)12-3-2-4-14(16)7-12/h2-4,7-11H,5-6H2,1H3. The number of nitrogens with zero attached hydrogens (tertiary/aromatic N) is 2. The van der Waals surface area contributed by atoms with Crippen molar-refractivity contribution in [2.24, 2.45) is 5.92 Å². The SMILES string of the molecule is CC(C1CC1)n1cc(C=O)c(-c2cccc(F)c2)n1. The molecular formula is C15H15FN2O. The molecule has 1 aliphatic carbocycles. The highest BCUT2D eigenvalue weighted by Crippen LogP contribution is 2.39. The van der Waals surface area contributed by atoms with Crippen LogP contribution in [0.5, 0.6) is 0 Å². The van der Waals surface area contributed by atoms with Crippen LogP contribution in [0.25, 0.3) is 11.3 Å². The summed E-state index contributed by atoms with van der Waals surface area (Å²) >= 11 is 0. The van der Waals surface area contributed by atoms with Gasteiger partial charge in [-0.15, -0.1) is 0 Å². The van der Waals surface area contributed by atoms with Crippen molar-refractivity contribution >= 4 is 6.29 Å². The highest BCUT2D eigenvalue weighted by atomic mass is 19.1. The molecule has 1 unspecified atom stereocenters. The van der Waals surface area contributed by atoms with Crippen LogP contribution in [0, 0.1) is 11.7 Å². The minimum absolute atomic E-state index is 0.293. The van der Waals surface area contributed by atoms with Gasteiger partial charge in [-0.3, -0.25) is 9.48 Å². The number of halogens is 1. The Morgan fingerprint density at radius 3 is 2.89 bits per heavy atom. The summed E-state index contributed by atoms with van der Waals surface area (Å²) in [5, 5.41) is 4.47. The molecule has 3 nitrogen and oxygen atoms in total. The van der Waals surface area contributed by atoms with Crippen molar-refractivity contribution in [2.45, 2.75) is 25.8 Å². The zero-order valence-corrected chi connectivity index (χ0v) is 10.7. The van der Waals surface area contributed by atoms with E-state index in [2.05, 4.69) is 12.0 Å². The van der Waals surface area contributed by atoms with E-state index in [9.17, 15) is 9.18 Å². The largest absolute Gasteiger partial charge is 0.298 e. The molecule has 1 atom stereocenters. The van der Waals surface area contributed by atoms with E-state index < -0.39 is 0 Å². The van der Waals surface area contributed by atoms with Crippen molar-refractivity contribution in [1.29, 1.82) is 0 Å². The number of hydrogen-bond acceptors (Lipinski definition) is 2. The summed E-state index contributed by atoms with van der Waals surface area (Å²) < 4.78 is 15.1. The number of hydrogen-bond donors (Lipinski definition) is 0. The van der Waals surface area contributed by atoms with E-state index in [4.69, 9.17) is 0 Å². The second-order valence-corrected chi connectivity index (χ2v) is 5.12. The fourth-order valence-electron chi connectivity index (χ4n) is 2.36. The van der Waals surface area contributed by atoms with E-state index in [-0.39, 0.29) is 5.82 Å². The van der Waals surface area contributed by atoms with Gasteiger partial charge in [-0.2, -0.15) is 5.10 Å². The van der Waals surface area contributed by atoms with E-state index in [0.29, 0.717) is 28.8 Å². The molecular weight excluding hydrogens is 243 g/mol. The molecule has 1 aromatic heterocycles. The molecule has 1 aromatic carbocycles. The van der Waals surface area contributed by atoms with E-state index in [1.807, 2.05) is 4.68 Å². The van der Waals surface area contributed by atoms with Crippen molar-refractivity contribution in [3.05, 3.63) is 41.8 Å². The summed E-state index contributed by atoms with van der Waals surface area (Å²) in [5.41, 5.74) is 1.71. The maximum Gasteiger partial charge on any atom is 0.153 e. The Kier molecular flexibility index (Phi) is 2.93. The van der Waals surface area contributed by atoms with Gasteiger partial charge < -0.3 is 0 Å². The van der Waals surface area contributed by atoms with Crippen LogP contribution in [0.15, 0.2) is 30.5 Å². The van der Waals surface area contributed by atoms with Crippen LogP contribution in [0.1, 0.15) is 36.2 Å². The van der Waals surface area contributed by atoms with Gasteiger partial charge in [-0.25, -0.2) is 4.39 Å². The van der Waals surface area contributed by atoms with Crippen molar-refractivity contribution in [3.8, 4) is 11.3 Å². The van der Waals surface area contributed by atoms with Gasteiger partial charge >= 0.3 is 0 Å². The van der Waals surface area contributed by atoms with Crippen LogP contribution in [0.2, 0.25) is 0 Å². The van der Waals surface area contributed by atoms with E-state index in [0.717, 1.165) is 6.29 Å². The molecule has 19 heavy (non-hydrogen) atoms. The maximum absolute atomic E-state index is 13.3. The third-order valence-electron chi connectivity index (χ3n) is 3.71. The van der Waals surface area contributed by atoms with Crippen molar-refractivity contribution in [1.82, 2.24) is 9.78 Å². The van der Waals surface area contributed by atoms with Gasteiger partial charge in [0.15, 0.2) is 6.29 Å². The minimum Gasteiger partial charge on any atom is -0.298 e. The summed E-state index contributed by atoms with van der Waals surface area (Å²) in [7, 11) is 0. The summed E-state index contributed by atoms with van der Waals surface area (Å²) in [6.07, 6.45) is 4.97. The van der Waals surface area contributed by atoms with Gasteiger partial charge in [0, 0.05) is 11.8 Å². The third kappa shape index (κ3) is 2.30. The first-order chi connectivity index (χ1) is 9.19. The number of carbonyl (C=O) groups is 1. The third-order valence-corrected chi connectivity index (χ3v) is 3.71. The summed E-state index contributed by atoms with van der Waals surface area (Å²) in [6.45, 7) is 2.11. The molecule has 1 aliphatic rings. The second kappa shape index (κ2) is 4.61. The topological polar surface area (TPSA) is 34.9 Å². The van der Waals surface area contributed by atoms with Crippen molar-refractivity contribution in [2.75, 3.05) is 0 Å². The maximum atomic E-state index is 13.3. The molecule has 98 valence electrons. The average Bonchev–Trinajstić information content (AvgIpc) is 3.16. The van der Waals surface area contributed by atoms with Gasteiger partial charge in [0.1, 0.15) is 11.5 Å². The molecule has 0 N–H and O–H groups in total. The molecule has 3 rings (SSSR count). The molecule has 1 fully saturated rings. The molecule has 4 heteroatoms. The van der Waals surface area contributed by atoms with E-state index in [1.165, 1.54) is 25.0 Å². The highest BCUT2D eigenvalue weighted by molar-refractivity contribution is 5.85. The Morgan fingerprint density at radius 2 is 2.26 bits per heavy atom. The lowest BCUT2D eigenvalue weighted by molar-refractivity contribution is 0.112. The van der Waals surface area contributed by atoms with Crippen LogP contribution in [-0.4, -0.2) is 16.1 Å². The number of carbonyl (C=O) groups excluding carboxylic acids is 1. The van der Waals surface area contributed by atoms with Crippen LogP contribution in [-0.2, 0) is 0 Å². The summed E-state index contributed by atoms with van der Waals surface area (Å²) in [5.74, 6) is 0.332. The van der Waals surface area contributed by atoms with Crippen molar-refractivity contribution in [3.63, 3.8) is 0 Å². The first kappa shape index (κ1) is 12.1. The van der Waals surface area contributed by atoms with Crippen LogP contribution in [0.3, 0.4) is 0 Å². The smallest absolute Gasteiger partial charge is 0.153 e. The van der Waals surface area contributed by atoms with Crippen molar-refractivity contribution < 1.29 is 9.18 Å². The van der Waals surface area contributed by atoms with Crippen LogP contribution < -0.4 is 0 Å². The van der Waals surface area contributed by atoms with Crippen LogP contribution in [0.4, 0.5) is 4.39 Å². The molecule has 0 amide bonds. The molecule has 1 saturated carbocycles. The first-order valence-electron chi connectivity index (χ1n) is 6.49. The van der Waals surface area contributed by atoms with Gasteiger partial charge in [0.2, 0.25) is 0 Å². The Labute approximate surface area is 111 Å². The zero-order chi connectivity index (χ0) is 13.4. The van der Waals surface area contributed by atoms with Crippen LogP contribution >= 0.6 is 0 Å². The normalized spacial score (nSPS) is 16.3. The van der Waals surface area contributed by atoms with Gasteiger partial charge in [0.25, 0.3) is 0 Å². The average molecular weight is 258 g/mol. The first-order valence-corrected chi connectivity index (χ1v) is 6.49. The molecule has 1 heterocycles. The number of aldehydes is 1. The van der Waals surface area contributed by atoms with Gasteiger partial charge in [-0.05, 0) is 37.8 Å². The quantitative estimate of drug-likeness (QED) is 0.787. The Bertz CT molecular complexity index is 616. The predicted octanol–water partition coefficient (Wildman–Crippen LogP) is 3.47. The number of rotatable bonds is 4. The second-order valence-electron chi connectivity index (χ2n) is 5.12. The van der Waals surface area contributed by atoms with Gasteiger partial charge in [-0.1, -0.05) is 12.1 Å². The fourth-order valence-corrected chi connectivity index (χ4v) is 2.36. The monoisotopic (exact) mass is 258 g/mol. The van der Waals surface area contributed by atoms with E-state index in [1.54, 1.807) is 18.3 Å². The Balaban J connectivity index is 2.02. The Morgan fingerprint density at radius 1 is 1.47 bits per heavy atom. The number of aromatic nitrogens is 2. The highest BCUT2D eigenvalue weighted by Gasteiger charge is 2.30. The summed E-state index contributed by atoms with van der Waals surface area (Å²) in [6, 6.07) is 6.48. The molecule has 0 radical (unpaired) electrons. The molecule has 0 saturated heterocycles. The molecule has 0 bridgehead atoms. The lowest BCUT2D eigenvalue weighted by atomic mass is 10.1. The minimum atomic E-state index is -0.320. The zero-order valence-electron chi connectivity index (χ0n) is 10.7. The van der Waals surface area contributed by atoms with Gasteiger partial charge in [0.05, 0.1) is 11.6 Å². The molecule has 0 spiro atoms. The predicted molar refractivity (Wildman–Crippen MR) is 70.4 cm³/mol. The molecule has 2 aromatic rings. The molecule has 0 aliphatic heterocycles. The lowest BCUT2D eigenvalue weighted by Gasteiger charge is -2.09. The Hall–Kier alpha value is -1.97. The fraction of sp³-hybridized carbons (Fsp3) is 0.333. The lowest BCUT2D eigenvalue weighted by Crippen LogP contribution is -2.07.